The lowest BCUT2D eigenvalue weighted by atomic mass is 10.1. The van der Waals surface area contributed by atoms with E-state index < -0.39 is 10.1 Å². The molecular weight excluding hydrogens is 609 g/mol. The van der Waals surface area contributed by atoms with Crippen LogP contribution in [-0.2, 0) is 10.1 Å². The van der Waals surface area contributed by atoms with Crippen molar-refractivity contribution in [1.29, 1.82) is 0 Å². The van der Waals surface area contributed by atoms with Crippen molar-refractivity contribution in [2.45, 2.75) is 26.6 Å². The van der Waals surface area contributed by atoms with Gasteiger partial charge in [-0.2, -0.15) is 8.42 Å². The summed E-state index contributed by atoms with van der Waals surface area (Å²) >= 11 is 6.95. The number of alkyl halides is 3. The zero-order valence-corrected chi connectivity index (χ0v) is 18.4. The third-order valence-electron chi connectivity index (χ3n) is 1.25. The Morgan fingerprint density at radius 2 is 1.58 bits per heavy atom. The number of hydrogen-bond donors (Lipinski definition) is 3. The van der Waals surface area contributed by atoms with E-state index in [1.54, 1.807) is 0 Å². The topological polar surface area (TPSA) is 106 Å². The SMILES string of the molecule is CC.CS(=O)(=O)O.IC(I)I.NC1=C(N)CCC=C1. The predicted molar refractivity (Wildman–Crippen MR) is 108 cm³/mol. The molecule has 9 heteroatoms. The Kier molecular flexibility index (Phi) is 20.6. The average molecular weight is 630 g/mol. The largest absolute Gasteiger partial charge is 0.400 e. The van der Waals surface area contributed by atoms with Gasteiger partial charge in [0, 0.05) is 5.70 Å². The van der Waals surface area contributed by atoms with Crippen LogP contribution in [0.3, 0.4) is 0 Å². The van der Waals surface area contributed by atoms with E-state index >= 15 is 0 Å². The Bertz CT molecular complexity index is 357. The van der Waals surface area contributed by atoms with Gasteiger partial charge in [-0.25, -0.2) is 0 Å². The van der Waals surface area contributed by atoms with Crippen LogP contribution in [0.15, 0.2) is 23.5 Å². The van der Waals surface area contributed by atoms with Gasteiger partial charge in [0.1, 0.15) is -0.0619 Å². The van der Waals surface area contributed by atoms with Gasteiger partial charge in [0.05, 0.1) is 12.0 Å². The van der Waals surface area contributed by atoms with Crippen LogP contribution in [0.5, 0.6) is 0 Å². The Morgan fingerprint density at radius 3 is 1.74 bits per heavy atom. The third-order valence-corrected chi connectivity index (χ3v) is 1.25. The highest BCUT2D eigenvalue weighted by atomic mass is 127. The molecule has 0 aromatic carbocycles. The molecule has 0 aromatic rings. The van der Waals surface area contributed by atoms with Crippen LogP contribution < -0.4 is 11.5 Å². The summed E-state index contributed by atoms with van der Waals surface area (Å²) < 4.78 is 26.6. The normalized spacial score (nSPS) is 13.5. The predicted octanol–water partition coefficient (Wildman–Crippen LogP) is 3.57. The Labute approximate surface area is 157 Å². The fourth-order valence-electron chi connectivity index (χ4n) is 0.701. The van der Waals surface area contributed by atoms with Crippen molar-refractivity contribution >= 4 is 77.9 Å². The average Bonchev–Trinajstić information content (AvgIpc) is 2.22. The first-order valence-corrected chi connectivity index (χ1v) is 10.9. The van der Waals surface area contributed by atoms with Crippen LogP contribution in [0.2, 0.25) is 0 Å². The molecule has 0 heterocycles. The van der Waals surface area contributed by atoms with Gasteiger partial charge in [0.2, 0.25) is 0 Å². The summed E-state index contributed by atoms with van der Waals surface area (Å²) in [5.41, 5.74) is 12.5. The summed E-state index contributed by atoms with van der Waals surface area (Å²) in [6, 6.07) is 0. The van der Waals surface area contributed by atoms with Gasteiger partial charge < -0.3 is 11.5 Å². The maximum absolute atomic E-state index is 9.19. The number of hydrogen-bond acceptors (Lipinski definition) is 4. The minimum Gasteiger partial charge on any atom is -0.400 e. The number of rotatable bonds is 0. The Morgan fingerprint density at radius 1 is 1.26 bits per heavy atom. The maximum Gasteiger partial charge on any atom is 0.261 e. The van der Waals surface area contributed by atoms with Gasteiger partial charge in [-0.3, -0.25) is 4.55 Å². The summed E-state index contributed by atoms with van der Waals surface area (Å²) in [7, 11) is -3.67. The molecule has 1 aliphatic rings. The quantitative estimate of drug-likeness (QED) is 0.216. The summed E-state index contributed by atoms with van der Waals surface area (Å²) in [5.74, 6) is 0. The highest BCUT2D eigenvalue weighted by Crippen LogP contribution is 2.16. The van der Waals surface area contributed by atoms with E-state index in [1.807, 2.05) is 26.0 Å². The van der Waals surface area contributed by atoms with Crippen LogP contribution >= 0.6 is 67.8 Å². The van der Waals surface area contributed by atoms with Crippen LogP contribution in [0.4, 0.5) is 0 Å². The second kappa shape index (κ2) is 15.6. The fraction of sp³-hybridized carbons (Fsp3) is 0.600. The smallest absolute Gasteiger partial charge is 0.261 e. The van der Waals surface area contributed by atoms with E-state index in [0.29, 0.717) is 6.26 Å². The van der Waals surface area contributed by atoms with Crippen molar-refractivity contribution < 1.29 is 13.0 Å². The molecule has 116 valence electrons. The van der Waals surface area contributed by atoms with Crippen LogP contribution in [-0.4, -0.2) is 19.2 Å². The number of allylic oxidation sites excluding steroid dienone is 3. The summed E-state index contributed by atoms with van der Waals surface area (Å²) in [5, 5.41) is 0. The van der Waals surface area contributed by atoms with E-state index in [1.165, 1.54) is 0 Å². The molecule has 0 radical (unpaired) electrons. The molecule has 0 saturated carbocycles. The van der Waals surface area contributed by atoms with Crippen LogP contribution in [0.25, 0.3) is 0 Å². The molecule has 0 unspecified atom stereocenters. The van der Waals surface area contributed by atoms with Crippen LogP contribution in [0, 0.1) is 0 Å². The lowest BCUT2D eigenvalue weighted by molar-refractivity contribution is 0.490. The summed E-state index contributed by atoms with van der Waals surface area (Å²) in [4.78, 5) is 0. The minimum atomic E-state index is -3.67. The Balaban J connectivity index is -0.000000203. The molecule has 5 nitrogen and oxygen atoms in total. The van der Waals surface area contributed by atoms with Crippen molar-refractivity contribution in [3.05, 3.63) is 23.5 Å². The van der Waals surface area contributed by atoms with Crippen molar-refractivity contribution in [1.82, 2.24) is 0 Å². The standard InChI is InChI=1S/C6H10N2.C2H6.CHI3.CH4O3S/c7-5-3-1-2-4-6(5)8;1-2;2-1(3)4;1-5(2,3)4/h1,3H,2,4,7-8H2;1-2H3;1H;1H3,(H,2,3,4). The van der Waals surface area contributed by atoms with Gasteiger partial charge in [0.25, 0.3) is 10.1 Å². The van der Waals surface area contributed by atoms with E-state index in [4.69, 9.17) is 16.0 Å². The van der Waals surface area contributed by atoms with Gasteiger partial charge in [0.15, 0.2) is 0 Å². The molecule has 0 aliphatic heterocycles. The van der Waals surface area contributed by atoms with E-state index in [0.717, 1.165) is 24.2 Å². The molecule has 0 aromatic heterocycles. The second-order valence-corrected chi connectivity index (χ2v) is 15.3. The van der Waals surface area contributed by atoms with E-state index in [-0.39, 0.29) is 0 Å². The van der Waals surface area contributed by atoms with E-state index in [9.17, 15) is 8.42 Å². The molecule has 0 saturated heterocycles. The van der Waals surface area contributed by atoms with Crippen molar-refractivity contribution in [3.8, 4) is 0 Å². The molecule has 0 atom stereocenters. The first kappa shape index (κ1) is 25.2. The van der Waals surface area contributed by atoms with Gasteiger partial charge >= 0.3 is 0 Å². The zero-order chi connectivity index (χ0) is 16.1. The van der Waals surface area contributed by atoms with Gasteiger partial charge in [-0.05, 0) is 18.9 Å². The van der Waals surface area contributed by atoms with Gasteiger partial charge in [-0.15, -0.1) is 0 Å². The minimum absolute atomic E-state index is 0.715. The van der Waals surface area contributed by atoms with Crippen molar-refractivity contribution in [2.24, 2.45) is 11.5 Å². The maximum atomic E-state index is 9.19. The molecule has 1 rings (SSSR count). The lowest BCUT2D eigenvalue weighted by Crippen LogP contribution is -2.09. The summed E-state index contributed by atoms with van der Waals surface area (Å²) in [6.45, 7) is 4.00. The molecular formula is C10H21I3N2O3S. The molecule has 0 spiro atoms. The molecule has 1 aliphatic carbocycles. The first-order chi connectivity index (χ1) is 8.54. The first-order valence-electron chi connectivity index (χ1n) is 5.29. The second-order valence-electron chi connectivity index (χ2n) is 2.90. The van der Waals surface area contributed by atoms with E-state index in [2.05, 4.69) is 67.8 Å². The fourth-order valence-corrected chi connectivity index (χ4v) is 0.701. The molecule has 0 fully saturated rings. The molecule has 19 heavy (non-hydrogen) atoms. The highest BCUT2D eigenvalue weighted by molar-refractivity contribution is 14.3. The third kappa shape index (κ3) is 38.2. The van der Waals surface area contributed by atoms with Gasteiger partial charge in [-0.1, -0.05) is 87.7 Å². The highest BCUT2D eigenvalue weighted by Gasteiger charge is 1.97. The summed E-state index contributed by atoms with van der Waals surface area (Å²) in [6.07, 6.45) is 6.56. The Hall–Kier alpha value is 1.18. The van der Waals surface area contributed by atoms with Crippen LogP contribution in [0.1, 0.15) is 26.7 Å². The van der Waals surface area contributed by atoms with Crippen molar-refractivity contribution in [2.75, 3.05) is 6.26 Å². The zero-order valence-electron chi connectivity index (χ0n) is 11.1. The molecule has 0 amide bonds. The number of halogens is 3. The monoisotopic (exact) mass is 630 g/mol. The molecule has 5 N–H and O–H groups in total. The lowest BCUT2D eigenvalue weighted by Gasteiger charge is -2.05. The molecule has 0 bridgehead atoms. The van der Waals surface area contributed by atoms with Crippen molar-refractivity contribution in [3.63, 3.8) is 0 Å². The number of nitrogens with two attached hydrogens (primary N) is 2.